The second kappa shape index (κ2) is 5.83. The highest BCUT2D eigenvalue weighted by atomic mass is 16.3. The van der Waals surface area contributed by atoms with Gasteiger partial charge in [-0.15, -0.1) is 0 Å². The van der Waals surface area contributed by atoms with Crippen LogP contribution in [-0.4, -0.2) is 16.7 Å². The number of aliphatic hydroxyl groups is 1. The lowest BCUT2D eigenvalue weighted by Crippen LogP contribution is -2.08. The van der Waals surface area contributed by atoms with Gasteiger partial charge >= 0.3 is 0 Å². The van der Waals surface area contributed by atoms with Gasteiger partial charge in [0, 0.05) is 12.8 Å². The number of allylic oxidation sites excluding steroid dienone is 2. The van der Waals surface area contributed by atoms with Crippen molar-refractivity contribution >= 4 is 11.6 Å². The van der Waals surface area contributed by atoms with E-state index in [1.807, 2.05) is 6.92 Å². The van der Waals surface area contributed by atoms with Gasteiger partial charge in [-0.25, -0.2) is 0 Å². The molecule has 0 amide bonds. The smallest absolute Gasteiger partial charge is 0.197 e. The van der Waals surface area contributed by atoms with Crippen molar-refractivity contribution in [1.29, 1.82) is 0 Å². The quantitative estimate of drug-likeness (QED) is 0.534. The number of Topliss-reactive ketones (excluding diaryl/α,β-unsaturated/α-hetero) is 2. The molecule has 0 heterocycles. The van der Waals surface area contributed by atoms with Gasteiger partial charge in [0.1, 0.15) is 5.78 Å². The second-order valence-electron chi connectivity index (χ2n) is 4.65. The van der Waals surface area contributed by atoms with Crippen LogP contribution in [0.2, 0.25) is 0 Å². The Kier molecular flexibility index (Phi) is 4.71. The summed E-state index contributed by atoms with van der Waals surface area (Å²) in [7, 11) is 0. The summed E-state index contributed by atoms with van der Waals surface area (Å²) in [5.41, 5.74) is 0.612. The molecule has 0 aromatic heterocycles. The fraction of sp³-hybridized carbons (Fsp3) is 0.692. The van der Waals surface area contributed by atoms with E-state index >= 15 is 0 Å². The number of hydrogen-bond donors (Lipinski definition) is 1. The first-order chi connectivity index (χ1) is 7.54. The molecule has 0 unspecified atom stereocenters. The maximum atomic E-state index is 11.7. The van der Waals surface area contributed by atoms with Crippen molar-refractivity contribution in [1.82, 2.24) is 0 Å². The maximum absolute atomic E-state index is 11.7. The molecule has 1 fully saturated rings. The Hall–Kier alpha value is -1.12. The Morgan fingerprint density at radius 3 is 2.38 bits per heavy atom. The number of ketones is 2. The molecule has 0 aliphatic heterocycles. The van der Waals surface area contributed by atoms with Crippen molar-refractivity contribution in [2.45, 2.75) is 52.4 Å². The van der Waals surface area contributed by atoms with Crippen molar-refractivity contribution < 1.29 is 14.7 Å². The molecule has 90 valence electrons. The Balaban J connectivity index is 2.67. The first-order valence-electron chi connectivity index (χ1n) is 5.98. The third-order valence-electron chi connectivity index (χ3n) is 2.78. The van der Waals surface area contributed by atoms with Crippen molar-refractivity contribution in [2.24, 2.45) is 5.92 Å². The molecule has 16 heavy (non-hydrogen) atoms. The molecule has 0 atom stereocenters. The van der Waals surface area contributed by atoms with Gasteiger partial charge in [0.15, 0.2) is 11.5 Å². The molecule has 0 aromatic rings. The Labute approximate surface area is 96.5 Å². The van der Waals surface area contributed by atoms with E-state index in [9.17, 15) is 14.7 Å². The molecule has 1 rings (SSSR count). The first kappa shape index (κ1) is 12.9. The van der Waals surface area contributed by atoms with Crippen LogP contribution in [0.4, 0.5) is 0 Å². The summed E-state index contributed by atoms with van der Waals surface area (Å²) in [6, 6.07) is 0. The molecule has 1 aliphatic rings. The van der Waals surface area contributed by atoms with Gasteiger partial charge < -0.3 is 5.11 Å². The van der Waals surface area contributed by atoms with E-state index in [1.165, 1.54) is 6.92 Å². The summed E-state index contributed by atoms with van der Waals surface area (Å²) < 4.78 is 0. The zero-order valence-corrected chi connectivity index (χ0v) is 10.1. The summed E-state index contributed by atoms with van der Waals surface area (Å²) in [5.74, 6) is 0.125. The van der Waals surface area contributed by atoms with Gasteiger partial charge in [-0.3, -0.25) is 9.59 Å². The normalized spacial score (nSPS) is 16.9. The summed E-state index contributed by atoms with van der Waals surface area (Å²) in [5, 5.41) is 9.81. The van der Waals surface area contributed by atoms with Gasteiger partial charge in [-0.05, 0) is 37.7 Å². The second-order valence-corrected chi connectivity index (χ2v) is 4.65. The summed E-state index contributed by atoms with van der Waals surface area (Å²) in [6.45, 7) is 3.45. The van der Waals surface area contributed by atoms with Crippen LogP contribution in [0.1, 0.15) is 52.4 Å². The highest BCUT2D eigenvalue weighted by Crippen LogP contribution is 2.33. The van der Waals surface area contributed by atoms with E-state index in [4.69, 9.17) is 0 Å². The van der Waals surface area contributed by atoms with Crippen LogP contribution < -0.4 is 0 Å². The summed E-state index contributed by atoms with van der Waals surface area (Å²) >= 11 is 0. The monoisotopic (exact) mass is 224 g/mol. The van der Waals surface area contributed by atoms with Gasteiger partial charge in [-0.2, -0.15) is 0 Å². The molecule has 3 nitrogen and oxygen atoms in total. The van der Waals surface area contributed by atoms with Gasteiger partial charge in [0.25, 0.3) is 0 Å². The van der Waals surface area contributed by atoms with Crippen molar-refractivity contribution in [3.05, 3.63) is 11.3 Å². The zero-order chi connectivity index (χ0) is 12.1. The highest BCUT2D eigenvalue weighted by Gasteiger charge is 2.26. The number of carbonyl (C=O) groups is 2. The van der Waals surface area contributed by atoms with Crippen molar-refractivity contribution in [3.63, 3.8) is 0 Å². The molecule has 0 radical (unpaired) electrons. The van der Waals surface area contributed by atoms with E-state index in [1.54, 1.807) is 0 Å². The van der Waals surface area contributed by atoms with E-state index < -0.39 is 0 Å². The predicted molar refractivity (Wildman–Crippen MR) is 62.2 cm³/mol. The molecular formula is C13H20O3. The largest absolute Gasteiger partial charge is 0.504 e. The minimum atomic E-state index is -0.188. The average molecular weight is 224 g/mol. The summed E-state index contributed by atoms with van der Waals surface area (Å²) in [4.78, 5) is 22.7. The van der Waals surface area contributed by atoms with Gasteiger partial charge in [0.2, 0.25) is 0 Å². The molecule has 3 heteroatoms. The van der Waals surface area contributed by atoms with Crippen molar-refractivity contribution in [3.8, 4) is 0 Å². The molecule has 1 N–H and O–H groups in total. The van der Waals surface area contributed by atoms with Crippen molar-refractivity contribution in [2.75, 3.05) is 0 Å². The van der Waals surface area contributed by atoms with E-state index in [0.29, 0.717) is 24.3 Å². The number of hydrogen-bond acceptors (Lipinski definition) is 3. The molecule has 0 bridgehead atoms. The minimum absolute atomic E-state index is 0.00535. The summed E-state index contributed by atoms with van der Waals surface area (Å²) in [6.07, 6.45) is 4.29. The topological polar surface area (TPSA) is 54.4 Å². The van der Waals surface area contributed by atoms with Crippen LogP contribution in [0.5, 0.6) is 0 Å². The third-order valence-corrected chi connectivity index (χ3v) is 2.78. The molecule has 0 spiro atoms. The van der Waals surface area contributed by atoms with Crippen LogP contribution in [-0.2, 0) is 9.59 Å². The number of rotatable bonds is 7. The van der Waals surface area contributed by atoms with Crippen LogP contribution in [0.15, 0.2) is 11.3 Å². The molecule has 0 aromatic carbocycles. The fourth-order valence-electron chi connectivity index (χ4n) is 1.77. The van der Waals surface area contributed by atoms with Crippen LogP contribution >= 0.6 is 0 Å². The van der Waals surface area contributed by atoms with E-state index in [-0.39, 0.29) is 23.7 Å². The van der Waals surface area contributed by atoms with Gasteiger partial charge in [0.05, 0.1) is 0 Å². The third kappa shape index (κ3) is 4.17. The molecule has 1 saturated carbocycles. The highest BCUT2D eigenvalue weighted by molar-refractivity contribution is 5.95. The lowest BCUT2D eigenvalue weighted by Gasteiger charge is -2.07. The van der Waals surface area contributed by atoms with Gasteiger partial charge in [-0.1, -0.05) is 13.3 Å². The maximum Gasteiger partial charge on any atom is 0.197 e. The Bertz CT molecular complexity index is 311. The van der Waals surface area contributed by atoms with Crippen LogP contribution in [0.25, 0.3) is 0 Å². The molecule has 1 aliphatic carbocycles. The number of carbonyl (C=O) groups excluding carboxylic acids is 2. The lowest BCUT2D eigenvalue weighted by molar-refractivity contribution is -0.118. The van der Waals surface area contributed by atoms with Crippen LogP contribution in [0.3, 0.4) is 0 Å². The Morgan fingerprint density at radius 2 is 1.94 bits per heavy atom. The number of aliphatic hydroxyl groups excluding tert-OH is 1. The standard InChI is InChI=1S/C13H20O3/c1-3-4-11(7-9(2)14)13(16)12(15)8-10-5-6-10/h10,16H,3-8H2,1-2H3/b13-11-. The predicted octanol–water partition coefficient (Wildman–Crippen LogP) is 2.95. The fourth-order valence-corrected chi connectivity index (χ4v) is 1.77. The van der Waals surface area contributed by atoms with E-state index in [2.05, 4.69) is 0 Å². The average Bonchev–Trinajstić information content (AvgIpc) is 2.99. The van der Waals surface area contributed by atoms with Crippen LogP contribution in [0, 0.1) is 5.92 Å². The minimum Gasteiger partial charge on any atom is -0.504 e. The molecule has 0 saturated heterocycles. The Morgan fingerprint density at radius 1 is 1.31 bits per heavy atom. The lowest BCUT2D eigenvalue weighted by atomic mass is 10.00. The SMILES string of the molecule is CCC/C(CC(C)=O)=C(/O)C(=O)CC1CC1. The van der Waals surface area contributed by atoms with E-state index in [0.717, 1.165) is 19.3 Å². The first-order valence-corrected chi connectivity index (χ1v) is 5.98. The zero-order valence-electron chi connectivity index (χ0n) is 10.1. The molecular weight excluding hydrogens is 204 g/mol.